The Morgan fingerprint density at radius 3 is 3.12 bits per heavy atom. The molecule has 3 heterocycles. The van der Waals surface area contributed by atoms with Crippen molar-refractivity contribution in [3.63, 3.8) is 0 Å². The summed E-state index contributed by atoms with van der Waals surface area (Å²) in [6.07, 6.45) is 5.95. The molecule has 0 atom stereocenters. The molecular weight excluding hydrogens is 232 g/mol. The van der Waals surface area contributed by atoms with Crippen molar-refractivity contribution < 1.29 is 0 Å². The van der Waals surface area contributed by atoms with Crippen LogP contribution in [0.4, 0.5) is 0 Å². The van der Waals surface area contributed by atoms with E-state index in [1.54, 1.807) is 11.3 Å². The van der Waals surface area contributed by atoms with Crippen LogP contribution in [0.1, 0.15) is 10.6 Å². The maximum atomic E-state index is 4.52. The molecule has 0 spiro atoms. The van der Waals surface area contributed by atoms with Gasteiger partial charge in [0, 0.05) is 36.6 Å². The summed E-state index contributed by atoms with van der Waals surface area (Å²) in [5.41, 5.74) is 3.89. The zero-order chi connectivity index (χ0) is 11.5. The molecule has 3 aromatic rings. The van der Waals surface area contributed by atoms with Crippen LogP contribution in [-0.4, -0.2) is 14.4 Å². The lowest BCUT2D eigenvalue weighted by molar-refractivity contribution is 0.689. The minimum Gasteiger partial charge on any atom is -0.307 e. The molecule has 0 amide bonds. The summed E-state index contributed by atoms with van der Waals surface area (Å²) in [6.45, 7) is 1.62. The smallest absolute Gasteiger partial charge is 0.137 e. The predicted molar refractivity (Wildman–Crippen MR) is 67.8 cm³/mol. The lowest BCUT2D eigenvalue weighted by Crippen LogP contribution is -2.11. The van der Waals surface area contributed by atoms with Crippen molar-refractivity contribution in [3.05, 3.63) is 52.9 Å². The zero-order valence-corrected chi connectivity index (χ0v) is 10.0. The van der Waals surface area contributed by atoms with Crippen LogP contribution in [-0.2, 0) is 13.1 Å². The maximum Gasteiger partial charge on any atom is 0.137 e. The molecule has 0 saturated heterocycles. The van der Waals surface area contributed by atoms with E-state index in [-0.39, 0.29) is 0 Å². The number of fused-ring (bicyclic) bond motifs is 1. The van der Waals surface area contributed by atoms with Gasteiger partial charge >= 0.3 is 0 Å². The van der Waals surface area contributed by atoms with Gasteiger partial charge < -0.3 is 9.72 Å². The van der Waals surface area contributed by atoms with Gasteiger partial charge in [-0.25, -0.2) is 4.98 Å². The zero-order valence-electron chi connectivity index (χ0n) is 9.21. The van der Waals surface area contributed by atoms with E-state index in [0.717, 1.165) is 24.4 Å². The van der Waals surface area contributed by atoms with Crippen molar-refractivity contribution in [3.8, 4) is 0 Å². The van der Waals surface area contributed by atoms with Gasteiger partial charge in [-0.05, 0) is 12.1 Å². The Balaban J connectivity index is 1.65. The molecule has 4 nitrogen and oxygen atoms in total. The quantitative estimate of drug-likeness (QED) is 0.764. The molecule has 5 heteroatoms. The van der Waals surface area contributed by atoms with Gasteiger partial charge in [0.1, 0.15) is 5.65 Å². The van der Waals surface area contributed by atoms with Crippen LogP contribution < -0.4 is 5.32 Å². The topological polar surface area (TPSA) is 42.2 Å². The summed E-state index contributed by atoms with van der Waals surface area (Å²) in [6, 6.07) is 6.01. The van der Waals surface area contributed by atoms with E-state index >= 15 is 0 Å². The van der Waals surface area contributed by atoms with Gasteiger partial charge in [0.05, 0.1) is 11.2 Å². The second-order valence-corrected chi connectivity index (χ2v) is 4.74. The molecule has 3 aromatic heterocycles. The second kappa shape index (κ2) is 4.65. The minimum absolute atomic E-state index is 0.777. The van der Waals surface area contributed by atoms with Crippen molar-refractivity contribution in [1.82, 2.24) is 19.7 Å². The van der Waals surface area contributed by atoms with E-state index in [4.69, 9.17) is 0 Å². The van der Waals surface area contributed by atoms with E-state index in [9.17, 15) is 0 Å². The summed E-state index contributed by atoms with van der Waals surface area (Å²) >= 11 is 1.66. The highest BCUT2D eigenvalue weighted by Crippen LogP contribution is 2.06. The summed E-state index contributed by atoms with van der Waals surface area (Å²) in [5, 5.41) is 3.36. The minimum atomic E-state index is 0.777. The number of thiazole rings is 1. The van der Waals surface area contributed by atoms with Crippen LogP contribution in [0.5, 0.6) is 0 Å². The molecule has 17 heavy (non-hydrogen) atoms. The Kier molecular flexibility index (Phi) is 2.85. The first-order chi connectivity index (χ1) is 8.42. The first-order valence-electron chi connectivity index (χ1n) is 5.42. The maximum absolute atomic E-state index is 4.52. The van der Waals surface area contributed by atoms with Gasteiger partial charge in [-0.15, -0.1) is 11.3 Å². The van der Waals surface area contributed by atoms with E-state index in [2.05, 4.69) is 21.5 Å². The SMILES string of the molecule is c1ccn2cc(CNCc3cncs3)nc2c1. The summed E-state index contributed by atoms with van der Waals surface area (Å²) in [5.74, 6) is 0. The number of pyridine rings is 1. The monoisotopic (exact) mass is 244 g/mol. The molecule has 0 aliphatic heterocycles. The Morgan fingerprint density at radius 1 is 1.29 bits per heavy atom. The van der Waals surface area contributed by atoms with E-state index < -0.39 is 0 Å². The van der Waals surface area contributed by atoms with Gasteiger partial charge in [-0.2, -0.15) is 0 Å². The van der Waals surface area contributed by atoms with E-state index in [1.165, 1.54) is 4.88 Å². The number of nitrogens with zero attached hydrogens (tertiary/aromatic N) is 3. The van der Waals surface area contributed by atoms with Crippen molar-refractivity contribution in [1.29, 1.82) is 0 Å². The highest BCUT2D eigenvalue weighted by atomic mass is 32.1. The van der Waals surface area contributed by atoms with Crippen molar-refractivity contribution in [2.75, 3.05) is 0 Å². The third-order valence-electron chi connectivity index (χ3n) is 2.50. The third kappa shape index (κ3) is 2.35. The van der Waals surface area contributed by atoms with Crippen LogP contribution in [0.3, 0.4) is 0 Å². The van der Waals surface area contributed by atoms with Crippen molar-refractivity contribution in [2.24, 2.45) is 0 Å². The van der Waals surface area contributed by atoms with Crippen molar-refractivity contribution in [2.45, 2.75) is 13.1 Å². The number of aromatic nitrogens is 3. The van der Waals surface area contributed by atoms with Crippen LogP contribution in [0.15, 0.2) is 42.3 Å². The fourth-order valence-corrected chi connectivity index (χ4v) is 2.28. The molecule has 3 rings (SSSR count). The van der Waals surface area contributed by atoms with Crippen molar-refractivity contribution >= 4 is 17.0 Å². The second-order valence-electron chi connectivity index (χ2n) is 3.77. The highest BCUT2D eigenvalue weighted by Gasteiger charge is 2.00. The lowest BCUT2D eigenvalue weighted by atomic mass is 10.4. The first kappa shape index (κ1) is 10.4. The summed E-state index contributed by atoms with van der Waals surface area (Å²) < 4.78 is 2.03. The predicted octanol–water partition coefficient (Wildman–Crippen LogP) is 2.08. The average Bonchev–Trinajstić information content (AvgIpc) is 2.96. The molecule has 0 aliphatic carbocycles. The Bertz CT molecular complexity index is 567. The largest absolute Gasteiger partial charge is 0.307 e. The Hall–Kier alpha value is -1.72. The standard InChI is InChI=1S/C12H12N4S/c1-2-4-16-8-10(15-12(16)3-1)5-13-6-11-7-14-9-17-11/h1-4,7-9,13H,5-6H2. The summed E-state index contributed by atoms with van der Waals surface area (Å²) in [7, 11) is 0. The third-order valence-corrected chi connectivity index (χ3v) is 3.28. The Morgan fingerprint density at radius 2 is 2.29 bits per heavy atom. The van der Waals surface area contributed by atoms with Crippen LogP contribution in [0.2, 0.25) is 0 Å². The number of imidazole rings is 1. The molecule has 86 valence electrons. The fourth-order valence-electron chi connectivity index (χ4n) is 1.72. The molecule has 0 aromatic carbocycles. The molecule has 0 aliphatic rings. The molecular formula is C12H12N4S. The lowest BCUT2D eigenvalue weighted by Gasteiger charge is -1.98. The van der Waals surface area contributed by atoms with Crippen LogP contribution in [0.25, 0.3) is 5.65 Å². The van der Waals surface area contributed by atoms with Gasteiger partial charge in [0.2, 0.25) is 0 Å². The van der Waals surface area contributed by atoms with Gasteiger partial charge in [0.15, 0.2) is 0 Å². The normalized spacial score (nSPS) is 11.1. The number of hydrogen-bond acceptors (Lipinski definition) is 4. The fraction of sp³-hybridized carbons (Fsp3) is 0.167. The summed E-state index contributed by atoms with van der Waals surface area (Å²) in [4.78, 5) is 9.81. The first-order valence-corrected chi connectivity index (χ1v) is 6.30. The molecule has 0 unspecified atom stereocenters. The number of rotatable bonds is 4. The molecule has 0 saturated carbocycles. The number of nitrogens with one attached hydrogen (secondary N) is 1. The van der Waals surface area contributed by atoms with E-state index in [1.807, 2.05) is 40.5 Å². The molecule has 0 fully saturated rings. The van der Waals surface area contributed by atoms with Gasteiger partial charge in [-0.1, -0.05) is 6.07 Å². The molecule has 0 radical (unpaired) electrons. The van der Waals surface area contributed by atoms with Gasteiger partial charge in [0.25, 0.3) is 0 Å². The van der Waals surface area contributed by atoms with E-state index in [0.29, 0.717) is 0 Å². The van der Waals surface area contributed by atoms with Gasteiger partial charge in [-0.3, -0.25) is 4.98 Å². The number of hydrogen-bond donors (Lipinski definition) is 1. The average molecular weight is 244 g/mol. The Labute approximate surface area is 103 Å². The van der Waals surface area contributed by atoms with Crippen LogP contribution in [0, 0.1) is 0 Å². The molecule has 1 N–H and O–H groups in total. The molecule has 0 bridgehead atoms. The van der Waals surface area contributed by atoms with Crippen LogP contribution >= 0.6 is 11.3 Å². The highest BCUT2D eigenvalue weighted by molar-refractivity contribution is 7.09.